The molecule has 0 saturated heterocycles. The van der Waals surface area contributed by atoms with Crippen molar-refractivity contribution in [3.8, 4) is 0 Å². The third-order valence-electron chi connectivity index (χ3n) is 1.91. The molecule has 0 bridgehead atoms. The van der Waals surface area contributed by atoms with Crippen LogP contribution in [-0.4, -0.2) is 11.6 Å². The number of hydrogen-bond acceptors (Lipinski definition) is 2. The maximum atomic E-state index is 11.1. The summed E-state index contributed by atoms with van der Waals surface area (Å²) in [6, 6.07) is 0. The lowest BCUT2D eigenvalue weighted by atomic mass is 10.0. The molecule has 13 heavy (non-hydrogen) atoms. The van der Waals surface area contributed by atoms with E-state index in [-0.39, 0.29) is 11.6 Å². The second-order valence-electron chi connectivity index (χ2n) is 3.14. The molecule has 2 heteroatoms. The minimum absolute atomic E-state index is 0.0234. The van der Waals surface area contributed by atoms with Gasteiger partial charge in [-0.05, 0) is 18.9 Å². The lowest BCUT2D eigenvalue weighted by molar-refractivity contribution is -0.120. The molecule has 0 saturated carbocycles. The molecule has 0 aromatic rings. The Morgan fingerprint density at radius 2 is 1.85 bits per heavy atom. The van der Waals surface area contributed by atoms with Gasteiger partial charge in [-0.15, -0.1) is 0 Å². The van der Waals surface area contributed by atoms with Gasteiger partial charge in [-0.1, -0.05) is 26.3 Å². The van der Waals surface area contributed by atoms with E-state index in [0.29, 0.717) is 18.4 Å². The molecule has 0 N–H and O–H groups in total. The molecule has 0 aliphatic heterocycles. The molecule has 2 nitrogen and oxygen atoms in total. The van der Waals surface area contributed by atoms with Crippen molar-refractivity contribution < 1.29 is 9.59 Å². The highest BCUT2D eigenvalue weighted by Crippen LogP contribution is 2.07. The van der Waals surface area contributed by atoms with Gasteiger partial charge in [0.25, 0.3) is 0 Å². The highest BCUT2D eigenvalue weighted by Gasteiger charge is 2.07. The monoisotopic (exact) mass is 182 g/mol. The standard InChI is InChI=1S/C11H18O2/c1-4-6-7-10(9(3)12)8-11(13)5-2/h7H,4-6,8H2,1-3H3/b10-7+. The van der Waals surface area contributed by atoms with Crippen LogP contribution in [0.4, 0.5) is 0 Å². The van der Waals surface area contributed by atoms with Crippen LogP contribution in [0.5, 0.6) is 0 Å². The average Bonchev–Trinajstić information content (AvgIpc) is 2.11. The Morgan fingerprint density at radius 1 is 1.23 bits per heavy atom. The van der Waals surface area contributed by atoms with Gasteiger partial charge in [0.1, 0.15) is 5.78 Å². The molecule has 0 radical (unpaired) electrons. The van der Waals surface area contributed by atoms with Crippen LogP contribution in [0.3, 0.4) is 0 Å². The first-order valence-corrected chi connectivity index (χ1v) is 4.83. The number of Topliss-reactive ketones (excluding diaryl/α,β-unsaturated/α-hetero) is 2. The maximum absolute atomic E-state index is 11.1. The number of allylic oxidation sites excluding steroid dienone is 2. The summed E-state index contributed by atoms with van der Waals surface area (Å²) in [7, 11) is 0. The first kappa shape index (κ1) is 12.1. The molecule has 0 aliphatic carbocycles. The Labute approximate surface area is 80.0 Å². The molecule has 0 fully saturated rings. The Kier molecular flexibility index (Phi) is 6.11. The van der Waals surface area contributed by atoms with Crippen LogP contribution in [0.2, 0.25) is 0 Å². The van der Waals surface area contributed by atoms with Gasteiger partial charge < -0.3 is 0 Å². The fourth-order valence-corrected chi connectivity index (χ4v) is 0.996. The quantitative estimate of drug-likeness (QED) is 0.592. The van der Waals surface area contributed by atoms with E-state index in [1.54, 1.807) is 0 Å². The summed E-state index contributed by atoms with van der Waals surface area (Å²) in [6.07, 6.45) is 4.60. The van der Waals surface area contributed by atoms with Crippen LogP contribution in [-0.2, 0) is 9.59 Å². The minimum atomic E-state index is 0.0234. The van der Waals surface area contributed by atoms with Gasteiger partial charge in [0.2, 0.25) is 0 Å². The van der Waals surface area contributed by atoms with Gasteiger partial charge in [-0.25, -0.2) is 0 Å². The van der Waals surface area contributed by atoms with E-state index in [4.69, 9.17) is 0 Å². The molecule has 0 atom stereocenters. The first-order chi connectivity index (χ1) is 6.11. The van der Waals surface area contributed by atoms with Gasteiger partial charge >= 0.3 is 0 Å². The highest BCUT2D eigenvalue weighted by atomic mass is 16.1. The van der Waals surface area contributed by atoms with Crippen molar-refractivity contribution in [2.45, 2.75) is 46.5 Å². The number of ketones is 2. The van der Waals surface area contributed by atoms with Crippen molar-refractivity contribution in [3.05, 3.63) is 11.6 Å². The van der Waals surface area contributed by atoms with E-state index in [0.717, 1.165) is 12.8 Å². The molecular formula is C11H18O2. The van der Waals surface area contributed by atoms with E-state index in [1.165, 1.54) is 6.92 Å². The smallest absolute Gasteiger partial charge is 0.155 e. The third-order valence-corrected chi connectivity index (χ3v) is 1.91. The molecule has 0 amide bonds. The van der Waals surface area contributed by atoms with Crippen LogP contribution in [0, 0.1) is 0 Å². The number of carbonyl (C=O) groups is 2. The molecule has 0 spiro atoms. The Bertz CT molecular complexity index is 214. The van der Waals surface area contributed by atoms with Crippen molar-refractivity contribution in [1.82, 2.24) is 0 Å². The molecule has 74 valence electrons. The normalized spacial score (nSPS) is 11.5. The van der Waals surface area contributed by atoms with E-state index in [2.05, 4.69) is 6.92 Å². The molecule has 0 aliphatic rings. The molecule has 0 aromatic heterocycles. The van der Waals surface area contributed by atoms with Crippen LogP contribution in [0.1, 0.15) is 46.5 Å². The maximum Gasteiger partial charge on any atom is 0.155 e. The highest BCUT2D eigenvalue weighted by molar-refractivity contribution is 5.98. The second-order valence-corrected chi connectivity index (χ2v) is 3.14. The summed E-state index contributed by atoms with van der Waals surface area (Å²) in [4.78, 5) is 22.2. The third kappa shape index (κ3) is 5.34. The number of unbranched alkanes of at least 4 members (excludes halogenated alkanes) is 1. The summed E-state index contributed by atoms with van der Waals surface area (Å²) >= 11 is 0. The van der Waals surface area contributed by atoms with E-state index in [1.807, 2.05) is 13.0 Å². The van der Waals surface area contributed by atoms with Gasteiger partial charge in [-0.2, -0.15) is 0 Å². The summed E-state index contributed by atoms with van der Waals surface area (Å²) in [5.74, 6) is 0.160. The van der Waals surface area contributed by atoms with Crippen molar-refractivity contribution in [1.29, 1.82) is 0 Å². The van der Waals surface area contributed by atoms with Crippen molar-refractivity contribution in [3.63, 3.8) is 0 Å². The zero-order valence-electron chi connectivity index (χ0n) is 8.72. The summed E-state index contributed by atoms with van der Waals surface area (Å²) in [6.45, 7) is 5.39. The zero-order valence-corrected chi connectivity index (χ0v) is 8.72. The Balaban J connectivity index is 4.26. The van der Waals surface area contributed by atoms with Gasteiger partial charge in [0.05, 0.1) is 0 Å². The lowest BCUT2D eigenvalue weighted by Gasteiger charge is -2.00. The number of carbonyl (C=O) groups excluding carboxylic acids is 2. The van der Waals surface area contributed by atoms with Crippen LogP contribution >= 0.6 is 0 Å². The molecule has 0 unspecified atom stereocenters. The van der Waals surface area contributed by atoms with Crippen LogP contribution < -0.4 is 0 Å². The van der Waals surface area contributed by atoms with Crippen molar-refractivity contribution in [2.24, 2.45) is 0 Å². The van der Waals surface area contributed by atoms with Crippen molar-refractivity contribution >= 4 is 11.6 Å². The zero-order chi connectivity index (χ0) is 10.3. The van der Waals surface area contributed by atoms with Crippen molar-refractivity contribution in [2.75, 3.05) is 0 Å². The van der Waals surface area contributed by atoms with Crippen LogP contribution in [0.15, 0.2) is 11.6 Å². The van der Waals surface area contributed by atoms with E-state index in [9.17, 15) is 9.59 Å². The second kappa shape index (κ2) is 6.58. The fourth-order valence-electron chi connectivity index (χ4n) is 0.996. The largest absolute Gasteiger partial charge is 0.299 e. The number of hydrogen-bond donors (Lipinski definition) is 0. The molecule has 0 heterocycles. The molecular weight excluding hydrogens is 164 g/mol. The van der Waals surface area contributed by atoms with Gasteiger partial charge in [0, 0.05) is 12.8 Å². The minimum Gasteiger partial charge on any atom is -0.299 e. The van der Waals surface area contributed by atoms with E-state index >= 15 is 0 Å². The summed E-state index contributed by atoms with van der Waals surface area (Å²) in [5.41, 5.74) is 0.675. The predicted octanol–water partition coefficient (Wildman–Crippen LogP) is 2.67. The van der Waals surface area contributed by atoms with Gasteiger partial charge in [0.15, 0.2) is 5.78 Å². The predicted molar refractivity (Wildman–Crippen MR) is 53.6 cm³/mol. The Morgan fingerprint density at radius 3 is 2.23 bits per heavy atom. The number of rotatable bonds is 6. The molecule has 0 aromatic carbocycles. The van der Waals surface area contributed by atoms with Crippen LogP contribution in [0.25, 0.3) is 0 Å². The average molecular weight is 182 g/mol. The Hall–Kier alpha value is -0.920. The van der Waals surface area contributed by atoms with Gasteiger partial charge in [-0.3, -0.25) is 9.59 Å². The lowest BCUT2D eigenvalue weighted by Crippen LogP contribution is -2.04. The fraction of sp³-hybridized carbons (Fsp3) is 0.636. The first-order valence-electron chi connectivity index (χ1n) is 4.83. The summed E-state index contributed by atoms with van der Waals surface area (Å²) in [5, 5.41) is 0. The van der Waals surface area contributed by atoms with E-state index < -0.39 is 0 Å². The molecule has 0 rings (SSSR count). The SMILES string of the molecule is CCC/C=C(\CC(=O)CC)C(C)=O. The summed E-state index contributed by atoms with van der Waals surface area (Å²) < 4.78 is 0. The topological polar surface area (TPSA) is 34.1 Å².